The van der Waals surface area contributed by atoms with Gasteiger partial charge in [0.1, 0.15) is 5.75 Å². The van der Waals surface area contributed by atoms with E-state index in [9.17, 15) is 19.5 Å². The molecule has 1 aromatic carbocycles. The highest BCUT2D eigenvalue weighted by atomic mass is 79.9. The van der Waals surface area contributed by atoms with Gasteiger partial charge in [-0.1, -0.05) is 49.9 Å². The molecule has 3 amide bonds. The number of hydrogen-bond acceptors (Lipinski definition) is 4. The lowest BCUT2D eigenvalue weighted by Gasteiger charge is -2.28. The Labute approximate surface area is 197 Å². The number of hydrogen-bond donors (Lipinski definition) is 2. The first kappa shape index (κ1) is 22.1. The van der Waals surface area contributed by atoms with Crippen molar-refractivity contribution in [1.29, 1.82) is 0 Å². The number of fused-ring (bicyclic) bond motifs is 5. The van der Waals surface area contributed by atoms with E-state index in [-0.39, 0.29) is 62.5 Å². The zero-order valence-electron chi connectivity index (χ0n) is 16.2. The first-order valence-electron chi connectivity index (χ1n) is 10.2. The third kappa shape index (κ3) is 3.91. The van der Waals surface area contributed by atoms with Gasteiger partial charge in [0.25, 0.3) is 0 Å². The number of aromatic hydroxyl groups is 1. The maximum atomic E-state index is 12.8. The van der Waals surface area contributed by atoms with Crippen LogP contribution in [-0.4, -0.2) is 43.9 Å². The number of amides is 3. The molecule has 0 unspecified atom stereocenters. The second-order valence-electron chi connectivity index (χ2n) is 8.35. The molecule has 0 aromatic heterocycles. The number of unbranched alkanes of at least 4 members (excludes halogenated alkanes) is 2. The average molecular weight is 563 g/mol. The topological polar surface area (TPSA) is 86.7 Å². The average Bonchev–Trinajstić information content (AvgIpc) is 3.30. The molecule has 162 valence electrons. The summed E-state index contributed by atoms with van der Waals surface area (Å²) >= 11 is 13.3. The minimum Gasteiger partial charge on any atom is -0.506 e. The van der Waals surface area contributed by atoms with Crippen molar-refractivity contribution in [1.82, 2.24) is 4.90 Å². The Morgan fingerprint density at radius 3 is 2.37 bits per heavy atom. The van der Waals surface area contributed by atoms with Gasteiger partial charge in [-0.2, -0.15) is 0 Å². The molecule has 30 heavy (non-hydrogen) atoms. The van der Waals surface area contributed by atoms with Gasteiger partial charge in [-0.05, 0) is 49.3 Å². The number of imide groups is 1. The minimum atomic E-state index is -0.210. The Hall–Kier alpha value is -1.12. The van der Waals surface area contributed by atoms with E-state index in [1.807, 2.05) is 0 Å². The Morgan fingerprint density at radius 2 is 1.73 bits per heavy atom. The summed E-state index contributed by atoms with van der Waals surface area (Å²) in [5, 5.41) is 12.8. The number of likely N-dealkylation sites (tertiary alicyclic amines) is 1. The molecule has 1 heterocycles. The summed E-state index contributed by atoms with van der Waals surface area (Å²) in [4.78, 5) is 39.7. The number of nitrogens with zero attached hydrogens (tertiary/aromatic N) is 1. The SMILES string of the molecule is O=C(CCCCCN1C(=O)[C@H]2[C@@H]3C[C@@H]([C@@H](Br)[C@H]3Br)[C@@H]2C1=O)Nc1cc(Cl)ccc1O. The Bertz CT molecular complexity index is 851. The van der Waals surface area contributed by atoms with E-state index in [1.54, 1.807) is 6.07 Å². The Kier molecular flexibility index (Phi) is 6.47. The van der Waals surface area contributed by atoms with Crippen molar-refractivity contribution in [2.75, 3.05) is 11.9 Å². The van der Waals surface area contributed by atoms with Gasteiger partial charge in [0, 0.05) is 27.6 Å². The van der Waals surface area contributed by atoms with Crippen molar-refractivity contribution in [3.63, 3.8) is 0 Å². The van der Waals surface area contributed by atoms with E-state index in [4.69, 9.17) is 11.6 Å². The second kappa shape index (κ2) is 8.79. The van der Waals surface area contributed by atoms with Crippen LogP contribution in [0.1, 0.15) is 32.1 Å². The number of halogens is 3. The first-order valence-corrected chi connectivity index (χ1v) is 12.4. The number of phenols is 1. The van der Waals surface area contributed by atoms with Crippen molar-refractivity contribution >= 4 is 66.9 Å². The Balaban J connectivity index is 1.22. The third-order valence-electron chi connectivity index (χ3n) is 6.60. The number of rotatable bonds is 7. The standard InChI is InChI=1S/C21H23Br2ClN2O4/c22-18-11-9-12(19(18)23)17-16(11)20(29)26(21(17)30)7-3-1-2-4-15(28)25-13-8-10(24)5-6-14(13)27/h5-6,8,11-12,16-19,27H,1-4,7,9H2,(H,25,28)/t11-,12+,16-,17-,18-,19+/m0/s1. The molecular weight excluding hydrogens is 540 g/mol. The predicted molar refractivity (Wildman–Crippen MR) is 121 cm³/mol. The summed E-state index contributed by atoms with van der Waals surface area (Å²) in [5.74, 6) is -0.150. The molecule has 2 aliphatic carbocycles. The second-order valence-corrected chi connectivity index (χ2v) is 10.9. The van der Waals surface area contributed by atoms with Crippen LogP contribution in [0, 0.1) is 23.7 Å². The normalized spacial score (nSPS) is 32.0. The van der Waals surface area contributed by atoms with Crippen LogP contribution in [0.5, 0.6) is 5.75 Å². The number of benzene rings is 1. The summed E-state index contributed by atoms with van der Waals surface area (Å²) in [6, 6.07) is 4.47. The van der Waals surface area contributed by atoms with Crippen LogP contribution in [0.4, 0.5) is 5.69 Å². The molecule has 1 aliphatic heterocycles. The van der Waals surface area contributed by atoms with Gasteiger partial charge < -0.3 is 10.4 Å². The first-order chi connectivity index (χ1) is 14.3. The number of anilines is 1. The van der Waals surface area contributed by atoms with Crippen molar-refractivity contribution < 1.29 is 19.5 Å². The van der Waals surface area contributed by atoms with E-state index < -0.39 is 0 Å². The monoisotopic (exact) mass is 560 g/mol. The molecule has 1 aromatic rings. The van der Waals surface area contributed by atoms with Gasteiger partial charge in [-0.15, -0.1) is 0 Å². The molecule has 0 radical (unpaired) electrons. The Morgan fingerprint density at radius 1 is 1.10 bits per heavy atom. The van der Waals surface area contributed by atoms with Crippen LogP contribution in [0.25, 0.3) is 0 Å². The fourth-order valence-corrected chi connectivity index (χ4v) is 7.23. The lowest BCUT2D eigenvalue weighted by Crippen LogP contribution is -2.37. The number of phenolic OH excluding ortho intramolecular Hbond substituents is 1. The zero-order valence-corrected chi connectivity index (χ0v) is 20.1. The van der Waals surface area contributed by atoms with Crippen LogP contribution in [0.3, 0.4) is 0 Å². The molecule has 1 saturated heterocycles. The van der Waals surface area contributed by atoms with Crippen LogP contribution in [-0.2, 0) is 14.4 Å². The van der Waals surface area contributed by atoms with Gasteiger partial charge in [0.2, 0.25) is 17.7 Å². The number of nitrogens with one attached hydrogen (secondary N) is 1. The van der Waals surface area contributed by atoms with Crippen molar-refractivity contribution in [2.24, 2.45) is 23.7 Å². The van der Waals surface area contributed by atoms with Gasteiger partial charge in [0.15, 0.2) is 0 Å². The summed E-state index contributed by atoms with van der Waals surface area (Å²) in [6.45, 7) is 0.417. The van der Waals surface area contributed by atoms with Crippen molar-refractivity contribution in [2.45, 2.75) is 41.8 Å². The van der Waals surface area contributed by atoms with E-state index in [0.29, 0.717) is 30.8 Å². The van der Waals surface area contributed by atoms with Crippen LogP contribution < -0.4 is 5.32 Å². The minimum absolute atomic E-state index is 0.0180. The van der Waals surface area contributed by atoms with Gasteiger partial charge in [0.05, 0.1) is 17.5 Å². The fraction of sp³-hybridized carbons (Fsp3) is 0.571. The molecule has 2 N–H and O–H groups in total. The fourth-order valence-electron chi connectivity index (χ4n) is 5.18. The molecule has 6 nitrogen and oxygen atoms in total. The maximum absolute atomic E-state index is 12.8. The van der Waals surface area contributed by atoms with E-state index in [0.717, 1.165) is 12.8 Å². The lowest BCUT2D eigenvalue weighted by molar-refractivity contribution is -0.140. The number of carbonyl (C=O) groups excluding carboxylic acids is 3. The molecule has 4 rings (SSSR count). The summed E-state index contributed by atoms with van der Waals surface area (Å²) < 4.78 is 0. The predicted octanol–water partition coefficient (Wildman–Crippen LogP) is 4.32. The number of carbonyl (C=O) groups is 3. The number of alkyl halides is 2. The highest BCUT2D eigenvalue weighted by Crippen LogP contribution is 2.60. The molecular formula is C21H23Br2ClN2O4. The molecule has 3 aliphatic rings. The van der Waals surface area contributed by atoms with E-state index in [1.165, 1.54) is 17.0 Å². The third-order valence-corrected chi connectivity index (χ3v) is 10.0. The van der Waals surface area contributed by atoms with E-state index in [2.05, 4.69) is 37.2 Å². The van der Waals surface area contributed by atoms with Gasteiger partial charge in [-0.25, -0.2) is 0 Å². The van der Waals surface area contributed by atoms with Crippen molar-refractivity contribution in [3.05, 3.63) is 23.2 Å². The van der Waals surface area contributed by atoms with Crippen molar-refractivity contribution in [3.8, 4) is 5.75 Å². The highest BCUT2D eigenvalue weighted by Gasteiger charge is 2.66. The molecule has 2 bridgehead atoms. The van der Waals surface area contributed by atoms with Gasteiger partial charge >= 0.3 is 0 Å². The quantitative estimate of drug-likeness (QED) is 0.224. The molecule has 6 atom stereocenters. The van der Waals surface area contributed by atoms with Gasteiger partial charge in [-0.3, -0.25) is 19.3 Å². The zero-order chi connectivity index (χ0) is 21.6. The van der Waals surface area contributed by atoms with Crippen LogP contribution in [0.15, 0.2) is 18.2 Å². The highest BCUT2D eigenvalue weighted by molar-refractivity contribution is 9.12. The molecule has 9 heteroatoms. The molecule has 2 saturated carbocycles. The lowest BCUT2D eigenvalue weighted by atomic mass is 9.81. The largest absolute Gasteiger partial charge is 0.506 e. The van der Waals surface area contributed by atoms with Crippen LogP contribution >= 0.6 is 43.5 Å². The smallest absolute Gasteiger partial charge is 0.233 e. The summed E-state index contributed by atoms with van der Waals surface area (Å²) in [7, 11) is 0. The summed E-state index contributed by atoms with van der Waals surface area (Å²) in [5.41, 5.74) is 0.289. The maximum Gasteiger partial charge on any atom is 0.233 e. The summed E-state index contributed by atoms with van der Waals surface area (Å²) in [6.07, 6.45) is 3.27. The van der Waals surface area contributed by atoms with Crippen LogP contribution in [0.2, 0.25) is 5.02 Å². The molecule has 3 fully saturated rings. The van der Waals surface area contributed by atoms with E-state index >= 15 is 0 Å². The molecule has 0 spiro atoms.